The molecule has 0 aliphatic rings. The fourth-order valence-electron chi connectivity index (χ4n) is 2.79. The van der Waals surface area contributed by atoms with E-state index in [1.54, 1.807) is 49.6 Å². The van der Waals surface area contributed by atoms with Gasteiger partial charge in [0.2, 0.25) is 0 Å². The summed E-state index contributed by atoms with van der Waals surface area (Å²) in [6, 6.07) is 14.2. The fourth-order valence-corrected chi connectivity index (χ4v) is 4.82. The first-order valence-corrected chi connectivity index (χ1v) is 12.0. The first-order chi connectivity index (χ1) is 15.7. The lowest BCUT2D eigenvalue weighted by Crippen LogP contribution is -2.43. The van der Waals surface area contributed by atoms with Crippen molar-refractivity contribution in [3.05, 3.63) is 81.5 Å². The molecule has 0 unspecified atom stereocenters. The highest BCUT2D eigenvalue weighted by Gasteiger charge is 2.21. The van der Waals surface area contributed by atoms with Crippen molar-refractivity contribution in [3.63, 3.8) is 0 Å². The zero-order chi connectivity index (χ0) is 24.0. The number of para-hydroxylation sites is 1. The van der Waals surface area contributed by atoms with Crippen molar-refractivity contribution in [2.45, 2.75) is 18.7 Å². The van der Waals surface area contributed by atoms with Gasteiger partial charge in [0.15, 0.2) is 6.61 Å². The summed E-state index contributed by atoms with van der Waals surface area (Å²) in [6.45, 7) is 2.77. The Labute approximate surface area is 194 Å². The molecule has 2 aromatic carbocycles. The van der Waals surface area contributed by atoms with Crippen molar-refractivity contribution in [1.29, 1.82) is 0 Å². The van der Waals surface area contributed by atoms with Crippen molar-refractivity contribution in [2.24, 2.45) is 0 Å². The van der Waals surface area contributed by atoms with Crippen LogP contribution in [0.15, 0.2) is 64.9 Å². The zero-order valence-electron chi connectivity index (χ0n) is 17.7. The molecule has 0 bridgehead atoms. The van der Waals surface area contributed by atoms with Gasteiger partial charge in [0.1, 0.15) is 0 Å². The molecule has 0 saturated carbocycles. The van der Waals surface area contributed by atoms with Crippen molar-refractivity contribution in [2.75, 3.05) is 11.3 Å². The number of carbonyl (C=O) groups excluding carboxylic acids is 3. The topological polar surface area (TPSA) is 131 Å². The van der Waals surface area contributed by atoms with Crippen LogP contribution in [0.2, 0.25) is 0 Å². The second-order valence-corrected chi connectivity index (χ2v) is 9.57. The van der Waals surface area contributed by atoms with Gasteiger partial charge in [-0.05, 0) is 54.6 Å². The quantitative estimate of drug-likeness (QED) is 0.347. The summed E-state index contributed by atoms with van der Waals surface area (Å²) in [7, 11) is -3.98. The van der Waals surface area contributed by atoms with Crippen molar-refractivity contribution >= 4 is 44.8 Å². The average molecular weight is 488 g/mol. The molecule has 0 spiro atoms. The van der Waals surface area contributed by atoms with Gasteiger partial charge in [-0.15, -0.1) is 11.3 Å². The highest BCUT2D eigenvalue weighted by Crippen LogP contribution is 2.23. The number of rotatable bonds is 7. The number of carbonyl (C=O) groups is 3. The maximum Gasteiger partial charge on any atom is 0.340 e. The van der Waals surface area contributed by atoms with Gasteiger partial charge in [0.25, 0.3) is 21.8 Å². The normalized spacial score (nSPS) is 10.8. The Morgan fingerprint density at radius 2 is 1.73 bits per heavy atom. The van der Waals surface area contributed by atoms with E-state index in [2.05, 4.69) is 15.6 Å². The SMILES string of the molecule is Cc1ccc(C)c(S(=O)(=O)Nc2ccccc2C(=O)OCC(=O)NNC(=O)c2cccs2)c1. The molecule has 11 heteroatoms. The minimum absolute atomic E-state index is 0.00909. The molecule has 0 radical (unpaired) electrons. The average Bonchev–Trinajstić information content (AvgIpc) is 3.32. The Balaban J connectivity index is 1.64. The summed E-state index contributed by atoms with van der Waals surface area (Å²) in [6.07, 6.45) is 0. The monoisotopic (exact) mass is 487 g/mol. The second kappa shape index (κ2) is 10.3. The number of hydrogen-bond acceptors (Lipinski definition) is 7. The number of aryl methyl sites for hydroxylation is 2. The third-order valence-electron chi connectivity index (χ3n) is 4.42. The zero-order valence-corrected chi connectivity index (χ0v) is 19.4. The molecule has 0 aliphatic heterocycles. The third-order valence-corrected chi connectivity index (χ3v) is 6.80. The second-order valence-electron chi connectivity index (χ2n) is 6.98. The Kier molecular flexibility index (Phi) is 7.46. The van der Waals surface area contributed by atoms with E-state index < -0.39 is 34.4 Å². The number of sulfonamides is 1. The predicted molar refractivity (Wildman–Crippen MR) is 123 cm³/mol. The Morgan fingerprint density at radius 3 is 2.45 bits per heavy atom. The number of thiophene rings is 1. The summed E-state index contributed by atoms with van der Waals surface area (Å²) < 4.78 is 33.2. The predicted octanol–water partition coefficient (Wildman–Crippen LogP) is 2.78. The molecule has 3 rings (SSSR count). The maximum absolute atomic E-state index is 12.9. The van der Waals surface area contributed by atoms with E-state index in [-0.39, 0.29) is 16.1 Å². The lowest BCUT2D eigenvalue weighted by atomic mass is 10.2. The van der Waals surface area contributed by atoms with Gasteiger partial charge in [-0.25, -0.2) is 13.2 Å². The van der Waals surface area contributed by atoms with Crippen LogP contribution in [0.4, 0.5) is 5.69 Å². The third kappa shape index (κ3) is 6.18. The maximum atomic E-state index is 12.9. The number of ether oxygens (including phenoxy) is 1. The smallest absolute Gasteiger partial charge is 0.340 e. The van der Waals surface area contributed by atoms with Crippen LogP contribution in [0.5, 0.6) is 0 Å². The van der Waals surface area contributed by atoms with Crippen molar-refractivity contribution < 1.29 is 27.5 Å². The number of hydrazine groups is 1. The van der Waals surface area contributed by atoms with Gasteiger partial charge in [0.05, 0.1) is 21.0 Å². The summed E-state index contributed by atoms with van der Waals surface area (Å²) in [4.78, 5) is 36.7. The highest BCUT2D eigenvalue weighted by molar-refractivity contribution is 7.92. The van der Waals surface area contributed by atoms with Gasteiger partial charge in [-0.2, -0.15) is 0 Å². The molecule has 0 atom stereocenters. The molecule has 0 aliphatic carbocycles. The van der Waals surface area contributed by atoms with Crippen molar-refractivity contribution in [1.82, 2.24) is 10.9 Å². The molecular weight excluding hydrogens is 466 g/mol. The van der Waals surface area contributed by atoms with Crippen LogP contribution in [-0.4, -0.2) is 32.8 Å². The Hall–Kier alpha value is -3.70. The summed E-state index contributed by atoms with van der Waals surface area (Å²) in [5.41, 5.74) is 5.61. The minimum Gasteiger partial charge on any atom is -0.452 e. The fraction of sp³-hybridized carbons (Fsp3) is 0.136. The number of anilines is 1. The van der Waals surface area contributed by atoms with E-state index in [4.69, 9.17) is 4.74 Å². The van der Waals surface area contributed by atoms with Crippen LogP contribution in [0, 0.1) is 13.8 Å². The van der Waals surface area contributed by atoms with Crippen LogP contribution in [-0.2, 0) is 19.6 Å². The summed E-state index contributed by atoms with van der Waals surface area (Å²) in [5, 5.41) is 1.71. The number of hydrogen-bond donors (Lipinski definition) is 3. The van der Waals surface area contributed by atoms with Crippen molar-refractivity contribution in [3.8, 4) is 0 Å². The number of amides is 2. The Bertz CT molecular complexity index is 1290. The number of esters is 1. The van der Waals surface area contributed by atoms with Gasteiger partial charge in [-0.1, -0.05) is 30.3 Å². The van der Waals surface area contributed by atoms with Crippen LogP contribution >= 0.6 is 11.3 Å². The largest absolute Gasteiger partial charge is 0.452 e. The first kappa shape index (κ1) is 24.0. The lowest BCUT2D eigenvalue weighted by molar-refractivity contribution is -0.125. The van der Waals surface area contributed by atoms with Crippen LogP contribution < -0.4 is 15.6 Å². The van der Waals surface area contributed by atoms with E-state index in [0.29, 0.717) is 10.4 Å². The van der Waals surface area contributed by atoms with E-state index in [0.717, 1.165) is 5.56 Å². The molecular formula is C22H21N3O6S2. The molecule has 3 aromatic rings. The Morgan fingerprint density at radius 1 is 0.970 bits per heavy atom. The number of nitrogens with one attached hydrogen (secondary N) is 3. The molecule has 9 nitrogen and oxygen atoms in total. The van der Waals surface area contributed by atoms with Crippen LogP contribution in [0.25, 0.3) is 0 Å². The van der Waals surface area contributed by atoms with Gasteiger partial charge < -0.3 is 4.74 Å². The van der Waals surface area contributed by atoms with E-state index in [1.807, 2.05) is 0 Å². The van der Waals surface area contributed by atoms with E-state index in [9.17, 15) is 22.8 Å². The first-order valence-electron chi connectivity index (χ1n) is 9.66. The van der Waals surface area contributed by atoms with Gasteiger partial charge in [-0.3, -0.25) is 25.2 Å². The highest BCUT2D eigenvalue weighted by atomic mass is 32.2. The molecule has 172 valence electrons. The van der Waals surface area contributed by atoms with Crippen LogP contribution in [0.1, 0.15) is 31.2 Å². The van der Waals surface area contributed by atoms with E-state index in [1.165, 1.54) is 35.6 Å². The molecule has 0 saturated heterocycles. The van der Waals surface area contributed by atoms with Gasteiger partial charge >= 0.3 is 5.97 Å². The molecule has 1 heterocycles. The number of benzene rings is 2. The summed E-state index contributed by atoms with van der Waals surface area (Å²) >= 11 is 1.20. The van der Waals surface area contributed by atoms with Crippen LogP contribution in [0.3, 0.4) is 0 Å². The minimum atomic E-state index is -3.98. The van der Waals surface area contributed by atoms with Gasteiger partial charge in [0, 0.05) is 0 Å². The lowest BCUT2D eigenvalue weighted by Gasteiger charge is -2.14. The molecule has 1 aromatic heterocycles. The molecule has 2 amide bonds. The summed E-state index contributed by atoms with van der Waals surface area (Å²) in [5.74, 6) is -2.17. The molecule has 0 fully saturated rings. The van der Waals surface area contributed by atoms with E-state index >= 15 is 0 Å². The molecule has 3 N–H and O–H groups in total. The standard InChI is InChI=1S/C22H21N3O6S2/c1-14-9-10-15(2)19(12-14)33(29,30)25-17-7-4-3-6-16(17)22(28)31-13-20(26)23-24-21(27)18-8-5-11-32-18/h3-12,25H,13H2,1-2H3,(H,23,26)(H,24,27). The molecule has 33 heavy (non-hydrogen) atoms.